The lowest BCUT2D eigenvalue weighted by Gasteiger charge is -2.11. The highest BCUT2D eigenvalue weighted by Gasteiger charge is 2.08. The Bertz CT molecular complexity index is 1310. The van der Waals surface area contributed by atoms with Crippen molar-refractivity contribution in [2.75, 3.05) is 19.0 Å². The molecule has 0 aliphatic rings. The summed E-state index contributed by atoms with van der Waals surface area (Å²) in [4.78, 5) is 1.92. The van der Waals surface area contributed by atoms with Gasteiger partial charge in [-0.15, -0.1) is 0 Å². The number of fused-ring (bicyclic) bond motifs is 1. The van der Waals surface area contributed by atoms with Crippen molar-refractivity contribution in [1.29, 1.82) is 0 Å². The molecule has 3 aromatic carbocycles. The minimum atomic E-state index is -4.25. The summed E-state index contributed by atoms with van der Waals surface area (Å²) < 4.78 is 33.1. The summed E-state index contributed by atoms with van der Waals surface area (Å²) in [5.41, 5.74) is 4.86. The molecule has 5 nitrogen and oxygen atoms in total. The Morgan fingerprint density at radius 2 is 1.41 bits per heavy atom. The summed E-state index contributed by atoms with van der Waals surface area (Å²) in [7, 11) is 1.97. The molecule has 1 heterocycles. The minimum Gasteiger partial charge on any atom is -0.744 e. The van der Waals surface area contributed by atoms with E-state index in [1.165, 1.54) is 52.1 Å². The minimum absolute atomic E-state index is 0.185. The molecule has 0 bridgehead atoms. The predicted octanol–water partition coefficient (Wildman–Crippen LogP) is 4.49. The molecule has 164 valence electrons. The molecule has 0 saturated carbocycles. The van der Waals surface area contributed by atoms with E-state index in [1.54, 1.807) is 6.07 Å². The Hall–Kier alpha value is -3.48. The van der Waals surface area contributed by atoms with Crippen LogP contribution in [0.15, 0.2) is 95.9 Å². The average molecular weight is 447 g/mol. The first-order valence-electron chi connectivity index (χ1n) is 10.1. The third-order valence-electron chi connectivity index (χ3n) is 5.01. The largest absolute Gasteiger partial charge is 0.744 e. The van der Waals surface area contributed by atoms with Gasteiger partial charge in [0.2, 0.25) is 11.2 Å². The molecule has 0 aliphatic carbocycles. The highest BCUT2D eigenvalue weighted by molar-refractivity contribution is 7.85. The Balaban J connectivity index is 0.000000243. The van der Waals surface area contributed by atoms with Crippen LogP contribution >= 0.6 is 0 Å². The number of benzene rings is 3. The van der Waals surface area contributed by atoms with E-state index in [1.807, 2.05) is 0 Å². The van der Waals surface area contributed by atoms with E-state index in [9.17, 15) is 13.0 Å². The molecule has 4 aromatic rings. The molecule has 0 amide bonds. The highest BCUT2D eigenvalue weighted by Crippen LogP contribution is 2.15. The van der Waals surface area contributed by atoms with Gasteiger partial charge in [-0.3, -0.25) is 0 Å². The zero-order valence-corrected chi connectivity index (χ0v) is 19.2. The Morgan fingerprint density at radius 3 is 2.00 bits per heavy atom. The van der Waals surface area contributed by atoms with Gasteiger partial charge in [-0.25, -0.2) is 8.42 Å². The number of aromatic nitrogens is 1. The number of anilines is 1. The molecule has 32 heavy (non-hydrogen) atoms. The Kier molecular flexibility index (Phi) is 7.41. The molecular weight excluding hydrogens is 420 g/mol. The monoisotopic (exact) mass is 446 g/mol. The van der Waals surface area contributed by atoms with E-state index >= 15 is 0 Å². The first-order valence-corrected chi connectivity index (χ1v) is 11.5. The fourth-order valence-electron chi connectivity index (χ4n) is 3.18. The van der Waals surface area contributed by atoms with E-state index in [2.05, 4.69) is 103 Å². The van der Waals surface area contributed by atoms with Crippen molar-refractivity contribution < 1.29 is 17.5 Å². The van der Waals surface area contributed by atoms with Gasteiger partial charge >= 0.3 is 0 Å². The van der Waals surface area contributed by atoms with Crippen LogP contribution in [-0.2, 0) is 17.2 Å². The van der Waals surface area contributed by atoms with E-state index < -0.39 is 10.1 Å². The van der Waals surface area contributed by atoms with Gasteiger partial charge in [-0.2, -0.15) is 4.57 Å². The summed E-state index contributed by atoms with van der Waals surface area (Å²) >= 11 is 0. The molecule has 0 aliphatic heterocycles. The van der Waals surface area contributed by atoms with Crippen molar-refractivity contribution in [1.82, 2.24) is 0 Å². The topological polar surface area (TPSA) is 64.3 Å². The first-order chi connectivity index (χ1) is 15.3. The van der Waals surface area contributed by atoms with Crippen LogP contribution in [0.4, 0.5) is 5.69 Å². The number of para-hydroxylation sites is 1. The lowest BCUT2D eigenvalue weighted by Crippen LogP contribution is -2.32. The van der Waals surface area contributed by atoms with E-state index in [0.717, 1.165) is 0 Å². The second kappa shape index (κ2) is 10.2. The molecule has 0 atom stereocenters. The number of rotatable bonds is 4. The summed E-state index contributed by atoms with van der Waals surface area (Å²) in [6, 6.07) is 28.5. The lowest BCUT2D eigenvalue weighted by atomic mass is 10.1. The molecule has 0 unspecified atom stereocenters. The van der Waals surface area contributed by atoms with Crippen molar-refractivity contribution in [3.05, 3.63) is 102 Å². The summed E-state index contributed by atoms with van der Waals surface area (Å²) in [5, 5.41) is 1.26. The van der Waals surface area contributed by atoms with Gasteiger partial charge in [0.1, 0.15) is 17.2 Å². The van der Waals surface area contributed by atoms with Crippen molar-refractivity contribution in [2.24, 2.45) is 7.05 Å². The van der Waals surface area contributed by atoms with Crippen LogP contribution < -0.4 is 9.47 Å². The second-order valence-electron chi connectivity index (χ2n) is 7.46. The number of pyridine rings is 1. The van der Waals surface area contributed by atoms with Gasteiger partial charge in [0.05, 0.1) is 4.90 Å². The number of hydrogen-bond acceptors (Lipinski definition) is 4. The maximum Gasteiger partial charge on any atom is 0.212 e. The molecular formula is C26H26N2O3S. The van der Waals surface area contributed by atoms with Gasteiger partial charge in [0.25, 0.3) is 0 Å². The number of aryl methyl sites for hydroxylation is 1. The smallest absolute Gasteiger partial charge is 0.212 e. The van der Waals surface area contributed by atoms with Crippen LogP contribution in [0, 0.1) is 0 Å². The number of nitrogens with zero attached hydrogens (tertiary/aromatic N) is 2. The van der Waals surface area contributed by atoms with Crippen LogP contribution in [-0.4, -0.2) is 27.1 Å². The molecule has 0 N–H and O–H groups in total. The molecule has 4 rings (SSSR count). The highest BCUT2D eigenvalue weighted by atomic mass is 32.2. The van der Waals surface area contributed by atoms with Gasteiger partial charge in [-0.1, -0.05) is 42.5 Å². The predicted molar refractivity (Wildman–Crippen MR) is 129 cm³/mol. The average Bonchev–Trinajstić information content (AvgIpc) is 2.79. The Labute approximate surface area is 189 Å². The van der Waals surface area contributed by atoms with E-state index in [-0.39, 0.29) is 4.90 Å². The zero-order valence-electron chi connectivity index (χ0n) is 18.3. The standard InChI is InChI=1S/C20H21N2.C6H6O3S/c1-21(2)18-12-8-16(9-13-18)10-14-19-15-11-17-6-4-5-7-20(17)22(19)3;7-10(8,9)6-4-2-1-3-5-6/h4-15H,1-3H3;1-5H,(H,7,8,9)/q+1;/p-1. The summed E-state index contributed by atoms with van der Waals surface area (Å²) in [5.74, 6) is 0. The van der Waals surface area contributed by atoms with Gasteiger partial charge < -0.3 is 9.45 Å². The fourth-order valence-corrected chi connectivity index (χ4v) is 3.67. The molecule has 0 saturated heterocycles. The van der Waals surface area contributed by atoms with Crippen LogP contribution in [0.1, 0.15) is 11.3 Å². The van der Waals surface area contributed by atoms with Crippen molar-refractivity contribution >= 4 is 38.9 Å². The second-order valence-corrected chi connectivity index (χ2v) is 8.84. The normalized spacial score (nSPS) is 11.2. The molecule has 1 aromatic heterocycles. The van der Waals surface area contributed by atoms with Crippen LogP contribution in [0.25, 0.3) is 23.1 Å². The van der Waals surface area contributed by atoms with Crippen LogP contribution in [0.5, 0.6) is 0 Å². The molecule has 6 heteroatoms. The van der Waals surface area contributed by atoms with Crippen LogP contribution in [0.3, 0.4) is 0 Å². The Morgan fingerprint density at radius 1 is 0.781 bits per heavy atom. The lowest BCUT2D eigenvalue weighted by molar-refractivity contribution is -0.646. The van der Waals surface area contributed by atoms with Crippen molar-refractivity contribution in [3.63, 3.8) is 0 Å². The van der Waals surface area contributed by atoms with E-state index in [0.29, 0.717) is 0 Å². The third-order valence-corrected chi connectivity index (χ3v) is 5.86. The summed E-state index contributed by atoms with van der Waals surface area (Å²) in [6.07, 6.45) is 4.32. The van der Waals surface area contributed by atoms with Gasteiger partial charge in [0.15, 0.2) is 0 Å². The SMILES string of the molecule is CN(C)c1ccc(C=Cc2ccc3ccccc3[n+]2C)cc1.O=S(=O)([O-])c1ccccc1. The number of hydrogen-bond donors (Lipinski definition) is 0. The van der Waals surface area contributed by atoms with Crippen LogP contribution in [0.2, 0.25) is 0 Å². The fraction of sp³-hybridized carbons (Fsp3) is 0.115. The third kappa shape index (κ3) is 6.03. The van der Waals surface area contributed by atoms with E-state index in [4.69, 9.17) is 0 Å². The quantitative estimate of drug-likeness (QED) is 0.342. The first kappa shape index (κ1) is 23.2. The van der Waals surface area contributed by atoms with Gasteiger partial charge in [0, 0.05) is 43.4 Å². The summed E-state index contributed by atoms with van der Waals surface area (Å²) in [6.45, 7) is 0. The van der Waals surface area contributed by atoms with Gasteiger partial charge in [-0.05, 0) is 48.0 Å². The zero-order chi connectivity index (χ0) is 23.1. The maximum atomic E-state index is 10.3. The molecule has 0 spiro atoms. The molecule has 0 radical (unpaired) electrons. The molecule has 0 fully saturated rings. The van der Waals surface area contributed by atoms with Crippen molar-refractivity contribution in [3.8, 4) is 0 Å². The van der Waals surface area contributed by atoms with Crippen molar-refractivity contribution in [2.45, 2.75) is 4.90 Å². The maximum absolute atomic E-state index is 10.3.